The number of sulfonamides is 1. The summed E-state index contributed by atoms with van der Waals surface area (Å²) in [5.41, 5.74) is 2.67. The van der Waals surface area contributed by atoms with Crippen molar-refractivity contribution in [3.63, 3.8) is 0 Å². The van der Waals surface area contributed by atoms with Gasteiger partial charge in [-0.3, -0.25) is 13.9 Å². The summed E-state index contributed by atoms with van der Waals surface area (Å²) in [7, 11) is -4.25. The molecule has 0 aliphatic heterocycles. The summed E-state index contributed by atoms with van der Waals surface area (Å²) in [6, 6.07) is 26.7. The Hall–Kier alpha value is -3.37. The highest BCUT2D eigenvalue weighted by atomic mass is 79.9. The molecule has 45 heavy (non-hydrogen) atoms. The van der Waals surface area contributed by atoms with E-state index in [0.29, 0.717) is 13.0 Å². The predicted octanol–water partition coefficient (Wildman–Crippen LogP) is 7.43. The fourth-order valence-corrected chi connectivity index (χ4v) is 6.90. The van der Waals surface area contributed by atoms with E-state index >= 15 is 0 Å². The molecule has 1 atom stereocenters. The van der Waals surface area contributed by atoms with Crippen molar-refractivity contribution in [3.8, 4) is 0 Å². The van der Waals surface area contributed by atoms with E-state index in [-0.39, 0.29) is 39.5 Å². The van der Waals surface area contributed by atoms with Crippen LogP contribution in [-0.4, -0.2) is 44.3 Å². The van der Waals surface area contributed by atoms with E-state index in [1.807, 2.05) is 68.4 Å². The zero-order chi connectivity index (χ0) is 32.6. The first-order valence-corrected chi connectivity index (χ1v) is 17.4. The SMILES string of the molecule is CCCNC(=O)[C@H](Cc1ccccc1)N(Cc1cccc(Br)c1)C(=O)CN(c1ccc(Cl)c(Cl)c1)S(=O)(=O)c1ccc(C)cc1. The number of hydrogen-bond donors (Lipinski definition) is 1. The van der Waals surface area contributed by atoms with Crippen LogP contribution in [0.4, 0.5) is 5.69 Å². The number of carbonyl (C=O) groups is 2. The van der Waals surface area contributed by atoms with E-state index in [4.69, 9.17) is 23.2 Å². The van der Waals surface area contributed by atoms with Gasteiger partial charge in [-0.2, -0.15) is 0 Å². The van der Waals surface area contributed by atoms with Crippen molar-refractivity contribution in [2.45, 2.75) is 44.2 Å². The maximum Gasteiger partial charge on any atom is 0.264 e. The Morgan fingerprint density at radius 2 is 1.56 bits per heavy atom. The van der Waals surface area contributed by atoms with Gasteiger partial charge in [0.15, 0.2) is 0 Å². The van der Waals surface area contributed by atoms with E-state index in [1.165, 1.54) is 35.2 Å². The first kappa shape index (κ1) is 34.5. The molecule has 0 heterocycles. The van der Waals surface area contributed by atoms with E-state index in [2.05, 4.69) is 21.2 Å². The Balaban J connectivity index is 1.81. The molecule has 4 aromatic rings. The zero-order valence-corrected chi connectivity index (χ0v) is 28.8. The van der Waals surface area contributed by atoms with Crippen molar-refractivity contribution in [1.82, 2.24) is 10.2 Å². The first-order chi connectivity index (χ1) is 21.5. The van der Waals surface area contributed by atoms with Gasteiger partial charge in [0.05, 0.1) is 20.6 Å². The summed E-state index contributed by atoms with van der Waals surface area (Å²) < 4.78 is 30.1. The molecule has 0 radical (unpaired) electrons. The number of halogens is 3. The second kappa shape index (κ2) is 15.8. The van der Waals surface area contributed by atoms with Gasteiger partial charge in [0.25, 0.3) is 10.0 Å². The van der Waals surface area contributed by atoms with Gasteiger partial charge in [-0.05, 0) is 66.9 Å². The molecule has 2 amide bonds. The number of rotatable bonds is 13. The number of carbonyl (C=O) groups excluding carboxylic acids is 2. The average Bonchev–Trinajstić information content (AvgIpc) is 3.02. The quantitative estimate of drug-likeness (QED) is 0.155. The molecule has 0 aromatic heterocycles. The number of anilines is 1. The summed E-state index contributed by atoms with van der Waals surface area (Å²) in [6.45, 7) is 3.71. The molecule has 0 saturated heterocycles. The fourth-order valence-electron chi connectivity index (χ4n) is 4.76. The Morgan fingerprint density at radius 3 is 2.20 bits per heavy atom. The van der Waals surface area contributed by atoms with Crippen LogP contribution in [0.3, 0.4) is 0 Å². The van der Waals surface area contributed by atoms with Gasteiger partial charge >= 0.3 is 0 Å². The highest BCUT2D eigenvalue weighted by Crippen LogP contribution is 2.31. The van der Waals surface area contributed by atoms with Crippen molar-refractivity contribution in [1.29, 1.82) is 0 Å². The molecule has 7 nitrogen and oxygen atoms in total. The minimum absolute atomic E-state index is 0.00652. The van der Waals surface area contributed by atoms with Crippen LogP contribution in [0.2, 0.25) is 10.0 Å². The van der Waals surface area contributed by atoms with E-state index < -0.39 is 28.5 Å². The van der Waals surface area contributed by atoms with Crippen molar-refractivity contribution >= 4 is 66.7 Å². The molecule has 0 unspecified atom stereocenters. The number of amides is 2. The van der Waals surface area contributed by atoms with Crippen LogP contribution in [0.5, 0.6) is 0 Å². The van der Waals surface area contributed by atoms with Crippen molar-refractivity contribution < 1.29 is 18.0 Å². The number of aryl methyl sites for hydroxylation is 1. The molecule has 236 valence electrons. The number of benzene rings is 4. The predicted molar refractivity (Wildman–Crippen MR) is 184 cm³/mol. The van der Waals surface area contributed by atoms with Gasteiger partial charge in [-0.25, -0.2) is 8.42 Å². The second-order valence-corrected chi connectivity index (χ2v) is 14.2. The molecule has 11 heteroatoms. The van der Waals surface area contributed by atoms with E-state index in [9.17, 15) is 18.0 Å². The monoisotopic (exact) mass is 729 g/mol. The molecule has 0 fully saturated rings. The molecular weight excluding hydrogens is 697 g/mol. The van der Waals surface area contributed by atoms with Gasteiger partial charge in [0.2, 0.25) is 11.8 Å². The first-order valence-electron chi connectivity index (χ1n) is 14.4. The maximum absolute atomic E-state index is 14.5. The zero-order valence-electron chi connectivity index (χ0n) is 24.9. The molecule has 4 aromatic carbocycles. The molecular formula is C34H34BrCl2N3O4S. The minimum atomic E-state index is -4.25. The third kappa shape index (κ3) is 9.10. The van der Waals surface area contributed by atoms with Crippen LogP contribution < -0.4 is 9.62 Å². The Bertz CT molecular complexity index is 1740. The summed E-state index contributed by atoms with van der Waals surface area (Å²) in [4.78, 5) is 29.7. The normalized spacial score (nSPS) is 11.9. The summed E-state index contributed by atoms with van der Waals surface area (Å²) in [5, 5.41) is 3.32. The lowest BCUT2D eigenvalue weighted by Gasteiger charge is -2.34. The lowest BCUT2D eigenvalue weighted by molar-refractivity contribution is -0.140. The standard InChI is InChI=1S/C34H34BrCl2N3O4S/c1-3-18-38-34(42)32(20-25-8-5-4-6-9-25)39(22-26-10-7-11-27(35)19-26)33(41)23-40(28-14-17-30(36)31(37)21-28)45(43,44)29-15-12-24(2)13-16-29/h4-17,19,21,32H,3,18,20,22-23H2,1-2H3,(H,38,42)/t32-/m0/s1. The van der Waals surface area contributed by atoms with Crippen LogP contribution >= 0.6 is 39.1 Å². The lowest BCUT2D eigenvalue weighted by Crippen LogP contribution is -2.53. The van der Waals surface area contributed by atoms with Crippen LogP contribution in [0.25, 0.3) is 0 Å². The number of nitrogens with one attached hydrogen (secondary N) is 1. The van der Waals surface area contributed by atoms with Gasteiger partial charge in [-0.1, -0.05) is 106 Å². The van der Waals surface area contributed by atoms with Crippen LogP contribution in [0.15, 0.2) is 106 Å². The summed E-state index contributed by atoms with van der Waals surface area (Å²) in [6.07, 6.45) is 0.941. The highest BCUT2D eigenvalue weighted by molar-refractivity contribution is 9.10. The van der Waals surface area contributed by atoms with E-state index in [1.54, 1.807) is 12.1 Å². The van der Waals surface area contributed by atoms with Gasteiger partial charge in [0.1, 0.15) is 12.6 Å². The topological polar surface area (TPSA) is 86.8 Å². The van der Waals surface area contributed by atoms with Crippen molar-refractivity contribution in [2.24, 2.45) is 0 Å². The maximum atomic E-state index is 14.5. The molecule has 0 aliphatic carbocycles. The molecule has 1 N–H and O–H groups in total. The van der Waals surface area contributed by atoms with E-state index in [0.717, 1.165) is 25.5 Å². The summed E-state index contributed by atoms with van der Waals surface area (Å²) in [5.74, 6) is -0.893. The van der Waals surface area contributed by atoms with Gasteiger partial charge in [-0.15, -0.1) is 0 Å². The van der Waals surface area contributed by atoms with Crippen molar-refractivity contribution in [2.75, 3.05) is 17.4 Å². The number of nitrogens with zero attached hydrogens (tertiary/aromatic N) is 2. The molecule has 0 aliphatic rings. The third-order valence-corrected chi connectivity index (χ3v) is 10.2. The smallest absolute Gasteiger partial charge is 0.264 e. The Morgan fingerprint density at radius 1 is 0.867 bits per heavy atom. The third-order valence-electron chi connectivity index (χ3n) is 7.14. The van der Waals surface area contributed by atoms with Crippen molar-refractivity contribution in [3.05, 3.63) is 128 Å². The van der Waals surface area contributed by atoms with Crippen LogP contribution in [0, 0.1) is 6.92 Å². The van der Waals surface area contributed by atoms with Gasteiger partial charge < -0.3 is 10.2 Å². The minimum Gasteiger partial charge on any atom is -0.354 e. The lowest BCUT2D eigenvalue weighted by atomic mass is 10.0. The molecule has 0 spiro atoms. The number of hydrogen-bond acceptors (Lipinski definition) is 4. The Kier molecular flexibility index (Phi) is 12.1. The highest BCUT2D eigenvalue weighted by Gasteiger charge is 2.34. The molecule has 0 bridgehead atoms. The van der Waals surface area contributed by atoms with Crippen LogP contribution in [0.1, 0.15) is 30.0 Å². The van der Waals surface area contributed by atoms with Crippen LogP contribution in [-0.2, 0) is 32.6 Å². The Labute approximate surface area is 283 Å². The summed E-state index contributed by atoms with van der Waals surface area (Å²) >= 11 is 16.0. The molecule has 0 saturated carbocycles. The largest absolute Gasteiger partial charge is 0.354 e. The second-order valence-electron chi connectivity index (χ2n) is 10.6. The average molecular weight is 732 g/mol. The van der Waals surface area contributed by atoms with Gasteiger partial charge in [0, 0.05) is 24.0 Å². The molecule has 4 rings (SSSR count). The fraction of sp³-hybridized carbons (Fsp3) is 0.235.